The molecule has 0 aliphatic carbocycles. The van der Waals surface area contributed by atoms with Crippen molar-refractivity contribution in [3.8, 4) is 0 Å². The molecule has 2 N–H and O–H groups in total. The number of thiophene rings is 1. The molecular weight excluding hydrogens is 232 g/mol. The Bertz CT molecular complexity index is 447. The van der Waals surface area contributed by atoms with Crippen LogP contribution in [-0.2, 0) is 13.0 Å². The molecule has 2 aromatic rings. The van der Waals surface area contributed by atoms with E-state index in [0.29, 0.717) is 5.92 Å². The zero-order chi connectivity index (χ0) is 12.3. The second-order valence-corrected chi connectivity index (χ2v) is 5.34. The Balaban J connectivity index is 1.94. The first kappa shape index (κ1) is 12.3. The average molecular weight is 250 g/mol. The number of nitrogens with two attached hydrogens (primary N) is 1. The van der Waals surface area contributed by atoms with Gasteiger partial charge in [0.05, 0.1) is 17.9 Å². The second kappa shape index (κ2) is 5.42. The third-order valence-corrected chi connectivity index (χ3v) is 3.56. The minimum atomic E-state index is -0.0232. The molecule has 0 bridgehead atoms. The average Bonchev–Trinajstić information content (AvgIpc) is 2.96. The summed E-state index contributed by atoms with van der Waals surface area (Å²) in [7, 11) is 0. The molecule has 4 nitrogen and oxygen atoms in total. The first-order valence-electron chi connectivity index (χ1n) is 5.83. The van der Waals surface area contributed by atoms with Gasteiger partial charge in [-0.1, -0.05) is 19.1 Å². The summed E-state index contributed by atoms with van der Waals surface area (Å²) in [5.41, 5.74) is 8.26. The first-order valence-corrected chi connectivity index (χ1v) is 6.78. The molecule has 0 aromatic carbocycles. The summed E-state index contributed by atoms with van der Waals surface area (Å²) in [6.07, 6.45) is 2.94. The Kier molecular flexibility index (Phi) is 3.91. The summed E-state index contributed by atoms with van der Waals surface area (Å²) < 4.78 is 1.87. The zero-order valence-electron chi connectivity index (χ0n) is 10.2. The molecule has 17 heavy (non-hydrogen) atoms. The smallest absolute Gasteiger partial charge is 0.0996 e. The lowest BCUT2D eigenvalue weighted by Gasteiger charge is -2.11. The third kappa shape index (κ3) is 3.14. The van der Waals surface area contributed by atoms with Crippen LogP contribution < -0.4 is 5.73 Å². The lowest BCUT2D eigenvalue weighted by molar-refractivity contribution is 0.502. The van der Waals surface area contributed by atoms with Crippen molar-refractivity contribution in [3.63, 3.8) is 0 Å². The minimum absolute atomic E-state index is 0.0232. The fraction of sp³-hybridized carbons (Fsp3) is 0.500. The summed E-state index contributed by atoms with van der Waals surface area (Å²) in [6.45, 7) is 5.04. The van der Waals surface area contributed by atoms with Gasteiger partial charge in [-0.05, 0) is 34.7 Å². The fourth-order valence-electron chi connectivity index (χ4n) is 1.60. The maximum absolute atomic E-state index is 6.03. The molecule has 92 valence electrons. The van der Waals surface area contributed by atoms with Gasteiger partial charge >= 0.3 is 0 Å². The van der Waals surface area contributed by atoms with E-state index in [4.69, 9.17) is 5.73 Å². The predicted octanol–water partition coefficient (Wildman–Crippen LogP) is 2.24. The molecule has 0 aliphatic heterocycles. The van der Waals surface area contributed by atoms with Crippen LogP contribution in [0, 0.1) is 5.92 Å². The highest BCUT2D eigenvalue weighted by Gasteiger charge is 2.14. The molecule has 1 unspecified atom stereocenters. The summed E-state index contributed by atoms with van der Waals surface area (Å²) in [5.74, 6) is 0.386. The van der Waals surface area contributed by atoms with E-state index in [9.17, 15) is 0 Å². The summed E-state index contributed by atoms with van der Waals surface area (Å²) in [5, 5.41) is 12.5. The molecule has 2 rings (SSSR count). The normalized spacial score (nSPS) is 13.2. The number of aromatic nitrogens is 3. The van der Waals surface area contributed by atoms with E-state index in [1.807, 2.05) is 10.9 Å². The third-order valence-electron chi connectivity index (χ3n) is 2.83. The second-order valence-electron chi connectivity index (χ2n) is 4.56. The monoisotopic (exact) mass is 250 g/mol. The van der Waals surface area contributed by atoms with E-state index >= 15 is 0 Å². The fourth-order valence-corrected chi connectivity index (χ4v) is 2.30. The highest BCUT2D eigenvalue weighted by atomic mass is 32.1. The highest BCUT2D eigenvalue weighted by Crippen LogP contribution is 2.15. The van der Waals surface area contributed by atoms with Crippen LogP contribution in [0.3, 0.4) is 0 Å². The molecule has 0 amide bonds. The van der Waals surface area contributed by atoms with Crippen molar-refractivity contribution < 1.29 is 0 Å². The van der Waals surface area contributed by atoms with Gasteiger partial charge in [-0.15, -0.1) is 5.10 Å². The molecule has 0 aliphatic rings. The van der Waals surface area contributed by atoms with Gasteiger partial charge in [0.25, 0.3) is 0 Å². The molecule has 2 aromatic heterocycles. The van der Waals surface area contributed by atoms with Crippen LogP contribution in [-0.4, -0.2) is 15.0 Å². The molecule has 5 heteroatoms. The van der Waals surface area contributed by atoms with Crippen molar-refractivity contribution in [2.45, 2.75) is 32.9 Å². The SMILES string of the molecule is CC(C)C(N)c1cn(CCc2ccsc2)nn1. The summed E-state index contributed by atoms with van der Waals surface area (Å²) in [6, 6.07) is 2.12. The van der Waals surface area contributed by atoms with Gasteiger partial charge in [-0.3, -0.25) is 4.68 Å². The lowest BCUT2D eigenvalue weighted by Crippen LogP contribution is -2.17. The van der Waals surface area contributed by atoms with E-state index in [1.54, 1.807) is 11.3 Å². The van der Waals surface area contributed by atoms with Crippen LogP contribution in [0.4, 0.5) is 0 Å². The van der Waals surface area contributed by atoms with Crippen molar-refractivity contribution >= 4 is 11.3 Å². The minimum Gasteiger partial charge on any atom is -0.322 e. The maximum atomic E-state index is 6.03. The Morgan fingerprint density at radius 3 is 2.94 bits per heavy atom. The summed E-state index contributed by atoms with van der Waals surface area (Å²) >= 11 is 1.72. The van der Waals surface area contributed by atoms with Crippen LogP contribution in [0.25, 0.3) is 0 Å². The Hall–Kier alpha value is -1.20. The molecule has 1 atom stereocenters. The number of rotatable bonds is 5. The summed E-state index contributed by atoms with van der Waals surface area (Å²) in [4.78, 5) is 0. The first-order chi connectivity index (χ1) is 8.16. The molecule has 0 fully saturated rings. The van der Waals surface area contributed by atoms with Crippen LogP contribution in [0.1, 0.15) is 31.1 Å². The largest absolute Gasteiger partial charge is 0.322 e. The van der Waals surface area contributed by atoms with Gasteiger partial charge in [-0.25, -0.2) is 0 Å². The Labute approximate surface area is 105 Å². The van der Waals surface area contributed by atoms with Gasteiger partial charge in [-0.2, -0.15) is 11.3 Å². The van der Waals surface area contributed by atoms with Gasteiger partial charge < -0.3 is 5.73 Å². The van der Waals surface area contributed by atoms with E-state index in [1.165, 1.54) is 5.56 Å². The predicted molar refractivity (Wildman–Crippen MR) is 69.8 cm³/mol. The van der Waals surface area contributed by atoms with Gasteiger partial charge in [0.2, 0.25) is 0 Å². The molecule has 2 heterocycles. The van der Waals surface area contributed by atoms with Gasteiger partial charge in [0.1, 0.15) is 0 Å². The molecule has 0 saturated carbocycles. The number of hydrogen-bond acceptors (Lipinski definition) is 4. The van der Waals surface area contributed by atoms with Crippen molar-refractivity contribution in [1.82, 2.24) is 15.0 Å². The maximum Gasteiger partial charge on any atom is 0.0996 e. The molecular formula is C12H18N4S. The standard InChI is InChI=1S/C12H18N4S/c1-9(2)12(13)11-7-16(15-14-11)5-3-10-4-6-17-8-10/h4,6-9,12H,3,5,13H2,1-2H3. The van der Waals surface area contributed by atoms with E-state index < -0.39 is 0 Å². The molecule has 0 saturated heterocycles. The topological polar surface area (TPSA) is 56.7 Å². The number of hydrogen-bond donors (Lipinski definition) is 1. The van der Waals surface area contributed by atoms with E-state index in [2.05, 4.69) is 41.0 Å². The van der Waals surface area contributed by atoms with Crippen LogP contribution >= 0.6 is 11.3 Å². The highest BCUT2D eigenvalue weighted by molar-refractivity contribution is 7.07. The van der Waals surface area contributed by atoms with Gasteiger partial charge in [0, 0.05) is 6.54 Å². The van der Waals surface area contributed by atoms with Crippen LogP contribution in [0.15, 0.2) is 23.0 Å². The van der Waals surface area contributed by atoms with Crippen LogP contribution in [0.5, 0.6) is 0 Å². The Morgan fingerprint density at radius 1 is 1.47 bits per heavy atom. The quantitative estimate of drug-likeness (QED) is 0.885. The van der Waals surface area contributed by atoms with Crippen molar-refractivity contribution in [2.24, 2.45) is 11.7 Å². The van der Waals surface area contributed by atoms with Crippen molar-refractivity contribution in [2.75, 3.05) is 0 Å². The van der Waals surface area contributed by atoms with E-state index in [0.717, 1.165) is 18.7 Å². The molecule has 0 spiro atoms. The lowest BCUT2D eigenvalue weighted by atomic mass is 10.0. The van der Waals surface area contributed by atoms with Crippen molar-refractivity contribution in [3.05, 3.63) is 34.3 Å². The molecule has 0 radical (unpaired) electrons. The van der Waals surface area contributed by atoms with Crippen LogP contribution in [0.2, 0.25) is 0 Å². The zero-order valence-corrected chi connectivity index (χ0v) is 11.0. The number of aryl methyl sites for hydroxylation is 2. The number of nitrogens with zero attached hydrogens (tertiary/aromatic N) is 3. The van der Waals surface area contributed by atoms with E-state index in [-0.39, 0.29) is 6.04 Å². The Morgan fingerprint density at radius 2 is 2.29 bits per heavy atom. The van der Waals surface area contributed by atoms with Crippen molar-refractivity contribution in [1.29, 1.82) is 0 Å². The van der Waals surface area contributed by atoms with Gasteiger partial charge in [0.15, 0.2) is 0 Å².